The highest BCUT2D eigenvalue weighted by atomic mass is 32.2. The minimum Gasteiger partial charge on any atom is -0.369 e. The van der Waals surface area contributed by atoms with Gasteiger partial charge in [0.15, 0.2) is 0 Å². The molecule has 1 aromatic carbocycles. The molecule has 3 nitrogen and oxygen atoms in total. The number of nitrogens with one attached hydrogen (secondary N) is 1. The summed E-state index contributed by atoms with van der Waals surface area (Å²) in [5.41, 5.74) is 8.30. The molecule has 0 aliphatic rings. The van der Waals surface area contributed by atoms with Gasteiger partial charge in [0.2, 0.25) is 5.91 Å². The number of carbonyl (C=O) groups is 1. The van der Waals surface area contributed by atoms with Crippen molar-refractivity contribution in [3.63, 3.8) is 0 Å². The molecular weight excluding hydrogens is 240 g/mol. The fourth-order valence-corrected chi connectivity index (χ4v) is 2.01. The van der Waals surface area contributed by atoms with Gasteiger partial charge in [0, 0.05) is 5.69 Å². The van der Waals surface area contributed by atoms with E-state index in [0.29, 0.717) is 4.32 Å². The van der Waals surface area contributed by atoms with Gasteiger partial charge in [-0.3, -0.25) is 4.79 Å². The highest BCUT2D eigenvalue weighted by Crippen LogP contribution is 2.21. The first-order chi connectivity index (χ1) is 7.50. The summed E-state index contributed by atoms with van der Waals surface area (Å²) in [5, 5.41) is 3.12. The minimum absolute atomic E-state index is 0.205. The fraction of sp³-hybridized carbons (Fsp3) is 0.273. The van der Waals surface area contributed by atoms with Crippen LogP contribution in [0, 0.1) is 13.8 Å². The van der Waals surface area contributed by atoms with Crippen molar-refractivity contribution < 1.29 is 4.79 Å². The Morgan fingerprint density at radius 3 is 2.50 bits per heavy atom. The van der Waals surface area contributed by atoms with Crippen LogP contribution in [0.1, 0.15) is 11.1 Å². The van der Waals surface area contributed by atoms with Gasteiger partial charge in [-0.05, 0) is 25.0 Å². The lowest BCUT2D eigenvalue weighted by atomic mass is 10.1. The van der Waals surface area contributed by atoms with Crippen LogP contribution in [0.3, 0.4) is 0 Å². The van der Waals surface area contributed by atoms with Crippen LogP contribution in [0.25, 0.3) is 0 Å². The maximum absolute atomic E-state index is 10.6. The van der Waals surface area contributed by atoms with Crippen molar-refractivity contribution in [3.8, 4) is 0 Å². The lowest BCUT2D eigenvalue weighted by Crippen LogP contribution is -2.16. The summed E-state index contributed by atoms with van der Waals surface area (Å²) in [6.07, 6.45) is 0. The summed E-state index contributed by atoms with van der Waals surface area (Å²) in [6, 6.07) is 6.02. The van der Waals surface area contributed by atoms with Crippen LogP contribution in [0.15, 0.2) is 18.2 Å². The van der Waals surface area contributed by atoms with E-state index in [0.717, 1.165) is 16.8 Å². The zero-order valence-electron chi connectivity index (χ0n) is 9.24. The quantitative estimate of drug-likeness (QED) is 0.812. The number of hydrogen-bond acceptors (Lipinski definition) is 3. The van der Waals surface area contributed by atoms with Crippen LogP contribution in [0.5, 0.6) is 0 Å². The Morgan fingerprint density at radius 1 is 1.44 bits per heavy atom. The second-order valence-corrected chi connectivity index (χ2v) is 5.09. The third-order valence-corrected chi connectivity index (χ3v) is 3.30. The molecule has 0 bridgehead atoms. The molecule has 0 unspecified atom stereocenters. The lowest BCUT2D eigenvalue weighted by Gasteiger charge is -2.12. The molecule has 0 aliphatic heterocycles. The molecule has 0 aromatic heterocycles. The number of para-hydroxylation sites is 1. The fourth-order valence-electron chi connectivity index (χ4n) is 1.29. The standard InChI is InChI=1S/C11H14N2OS2/c1-7-4-3-5-8(2)10(7)13-11(15)16-6-9(12)14/h3-5H,6H2,1-2H3,(H2,12,14)(H,13,15). The number of thiocarbonyl (C=S) groups is 1. The van der Waals surface area contributed by atoms with Crippen molar-refractivity contribution in [1.29, 1.82) is 0 Å². The first kappa shape index (κ1) is 13.0. The number of amides is 1. The maximum atomic E-state index is 10.6. The smallest absolute Gasteiger partial charge is 0.227 e. The van der Waals surface area contributed by atoms with Crippen LogP contribution < -0.4 is 11.1 Å². The van der Waals surface area contributed by atoms with Gasteiger partial charge in [0.1, 0.15) is 4.32 Å². The second kappa shape index (κ2) is 5.86. The van der Waals surface area contributed by atoms with Crippen LogP contribution in [-0.2, 0) is 4.79 Å². The summed E-state index contributed by atoms with van der Waals surface area (Å²) in [6.45, 7) is 4.02. The van der Waals surface area contributed by atoms with Gasteiger partial charge in [-0.25, -0.2) is 0 Å². The summed E-state index contributed by atoms with van der Waals surface area (Å²) in [7, 11) is 0. The summed E-state index contributed by atoms with van der Waals surface area (Å²) >= 11 is 6.36. The van der Waals surface area contributed by atoms with E-state index < -0.39 is 0 Å². The molecular formula is C11H14N2OS2. The lowest BCUT2D eigenvalue weighted by molar-refractivity contribution is -0.115. The van der Waals surface area contributed by atoms with Crippen LogP contribution >= 0.6 is 24.0 Å². The molecule has 5 heteroatoms. The summed E-state index contributed by atoms with van der Waals surface area (Å²) in [5.74, 6) is -0.160. The van der Waals surface area contributed by atoms with E-state index in [2.05, 4.69) is 5.32 Å². The molecule has 1 amide bonds. The van der Waals surface area contributed by atoms with Gasteiger partial charge in [0.05, 0.1) is 5.75 Å². The Balaban J connectivity index is 2.66. The number of primary amides is 1. The highest BCUT2D eigenvalue weighted by Gasteiger charge is 2.05. The first-order valence-electron chi connectivity index (χ1n) is 4.79. The molecule has 86 valence electrons. The Morgan fingerprint density at radius 2 is 2.00 bits per heavy atom. The molecule has 0 heterocycles. The predicted octanol–water partition coefficient (Wildman–Crippen LogP) is 2.22. The van der Waals surface area contributed by atoms with Gasteiger partial charge in [-0.1, -0.05) is 42.2 Å². The second-order valence-electron chi connectivity index (χ2n) is 3.43. The minimum atomic E-state index is -0.365. The van der Waals surface area contributed by atoms with Crippen molar-refractivity contribution in [2.24, 2.45) is 5.73 Å². The van der Waals surface area contributed by atoms with Gasteiger partial charge in [0.25, 0.3) is 0 Å². The van der Waals surface area contributed by atoms with E-state index in [1.54, 1.807) is 0 Å². The first-order valence-corrected chi connectivity index (χ1v) is 6.18. The molecule has 0 atom stereocenters. The van der Waals surface area contributed by atoms with E-state index in [-0.39, 0.29) is 11.7 Å². The van der Waals surface area contributed by atoms with E-state index in [9.17, 15) is 4.79 Å². The molecule has 3 N–H and O–H groups in total. The third kappa shape index (κ3) is 3.83. The van der Waals surface area contributed by atoms with Gasteiger partial charge >= 0.3 is 0 Å². The number of hydrogen-bond donors (Lipinski definition) is 2. The van der Waals surface area contributed by atoms with Crippen molar-refractivity contribution in [2.45, 2.75) is 13.8 Å². The Bertz CT molecular complexity index is 398. The van der Waals surface area contributed by atoms with Crippen molar-refractivity contribution >= 4 is 39.9 Å². The summed E-state index contributed by atoms with van der Waals surface area (Å²) < 4.78 is 0.566. The molecule has 16 heavy (non-hydrogen) atoms. The normalized spacial score (nSPS) is 9.88. The number of anilines is 1. The van der Waals surface area contributed by atoms with Gasteiger partial charge < -0.3 is 11.1 Å². The molecule has 0 spiro atoms. The van der Waals surface area contributed by atoms with Crippen molar-refractivity contribution in [3.05, 3.63) is 29.3 Å². The topological polar surface area (TPSA) is 55.1 Å². The van der Waals surface area contributed by atoms with Gasteiger partial charge in [-0.15, -0.1) is 0 Å². The van der Waals surface area contributed by atoms with Crippen LogP contribution in [-0.4, -0.2) is 16.0 Å². The number of thioether (sulfide) groups is 1. The van der Waals surface area contributed by atoms with E-state index >= 15 is 0 Å². The number of carbonyl (C=O) groups excluding carboxylic acids is 1. The molecule has 0 saturated carbocycles. The molecule has 0 saturated heterocycles. The zero-order chi connectivity index (χ0) is 12.1. The highest BCUT2D eigenvalue weighted by molar-refractivity contribution is 8.23. The number of aryl methyl sites for hydroxylation is 2. The van der Waals surface area contributed by atoms with Crippen molar-refractivity contribution in [2.75, 3.05) is 11.1 Å². The van der Waals surface area contributed by atoms with Crippen molar-refractivity contribution in [1.82, 2.24) is 0 Å². The molecule has 0 fully saturated rings. The number of nitrogens with two attached hydrogens (primary N) is 1. The molecule has 0 radical (unpaired) electrons. The van der Waals surface area contributed by atoms with Crippen LogP contribution in [0.4, 0.5) is 5.69 Å². The number of benzene rings is 1. The maximum Gasteiger partial charge on any atom is 0.227 e. The predicted molar refractivity (Wildman–Crippen MR) is 73.8 cm³/mol. The Hall–Kier alpha value is -1.07. The van der Waals surface area contributed by atoms with E-state index in [4.69, 9.17) is 18.0 Å². The molecule has 1 aromatic rings. The SMILES string of the molecule is Cc1cccc(C)c1NC(=S)SCC(N)=O. The zero-order valence-corrected chi connectivity index (χ0v) is 10.9. The average molecular weight is 254 g/mol. The summed E-state index contributed by atoms with van der Waals surface area (Å²) in [4.78, 5) is 10.6. The molecule has 0 aliphatic carbocycles. The van der Waals surface area contributed by atoms with E-state index in [1.807, 2.05) is 32.0 Å². The molecule has 1 rings (SSSR count). The average Bonchev–Trinajstić information content (AvgIpc) is 2.21. The van der Waals surface area contributed by atoms with Gasteiger partial charge in [-0.2, -0.15) is 0 Å². The largest absolute Gasteiger partial charge is 0.369 e. The number of rotatable bonds is 3. The third-order valence-electron chi connectivity index (χ3n) is 2.05. The monoisotopic (exact) mass is 254 g/mol. The Kier molecular flexibility index (Phi) is 4.76. The Labute approximate surface area is 105 Å². The van der Waals surface area contributed by atoms with Crippen LogP contribution in [0.2, 0.25) is 0 Å². The van der Waals surface area contributed by atoms with E-state index in [1.165, 1.54) is 11.8 Å².